The summed E-state index contributed by atoms with van der Waals surface area (Å²) in [6.07, 6.45) is 0. The Balaban J connectivity index is 3.59. The van der Waals surface area contributed by atoms with E-state index in [0.717, 1.165) is 0 Å². The predicted molar refractivity (Wildman–Crippen MR) is 36.8 cm³/mol. The lowest BCUT2D eigenvalue weighted by Crippen LogP contribution is -2.06. The van der Waals surface area contributed by atoms with Gasteiger partial charge in [-0.25, -0.2) is 0 Å². The third-order valence-corrected chi connectivity index (χ3v) is 1.32. The normalized spacial score (nSPS) is 9.91. The van der Waals surface area contributed by atoms with Crippen molar-refractivity contribution in [1.82, 2.24) is 4.98 Å². The first-order chi connectivity index (χ1) is 5.04. The van der Waals surface area contributed by atoms with Crippen molar-refractivity contribution in [3.63, 3.8) is 0 Å². The molecule has 5 heteroatoms. The predicted octanol–water partition coefficient (Wildman–Crippen LogP) is -0.200. The lowest BCUT2D eigenvalue weighted by atomic mass is 10.3. The highest BCUT2D eigenvalue weighted by Gasteiger charge is 2.11. The van der Waals surface area contributed by atoms with Crippen LogP contribution in [-0.2, 0) is 0 Å². The molecule has 0 unspecified atom stereocenters. The summed E-state index contributed by atoms with van der Waals surface area (Å²) in [4.78, 5) is 12.8. The van der Waals surface area contributed by atoms with Gasteiger partial charge in [0.25, 0.3) is 5.56 Å². The molecule has 0 aliphatic rings. The van der Waals surface area contributed by atoms with Crippen LogP contribution in [-0.4, -0.2) is 20.3 Å². The second kappa shape index (κ2) is 2.19. The van der Waals surface area contributed by atoms with E-state index in [1.165, 1.54) is 6.92 Å². The van der Waals surface area contributed by atoms with Gasteiger partial charge in [0.2, 0.25) is 11.5 Å². The molecule has 1 aromatic heterocycles. The molecule has 0 saturated carbocycles. The van der Waals surface area contributed by atoms with Crippen LogP contribution in [0.1, 0.15) is 5.69 Å². The van der Waals surface area contributed by atoms with Gasteiger partial charge in [0, 0.05) is 0 Å². The average molecular weight is 157 g/mol. The lowest BCUT2D eigenvalue weighted by molar-refractivity contribution is 0.359. The summed E-state index contributed by atoms with van der Waals surface area (Å²) in [7, 11) is 0. The van der Waals surface area contributed by atoms with Crippen LogP contribution in [0.3, 0.4) is 0 Å². The first-order valence-electron chi connectivity index (χ1n) is 2.87. The molecule has 1 aromatic rings. The van der Waals surface area contributed by atoms with Crippen molar-refractivity contribution >= 4 is 0 Å². The van der Waals surface area contributed by atoms with Gasteiger partial charge in [-0.15, -0.1) is 0 Å². The molecule has 0 spiro atoms. The van der Waals surface area contributed by atoms with Gasteiger partial charge in [0.15, 0.2) is 5.75 Å². The second-order valence-corrected chi connectivity index (χ2v) is 2.12. The Labute approximate surface area is 61.6 Å². The molecule has 0 bridgehead atoms. The maximum atomic E-state index is 10.6. The van der Waals surface area contributed by atoms with Crippen molar-refractivity contribution in [2.75, 3.05) is 0 Å². The van der Waals surface area contributed by atoms with Crippen molar-refractivity contribution in [2.24, 2.45) is 0 Å². The number of aromatic hydroxyl groups is 3. The standard InChI is InChI=1S/C6H7NO4/c1-2-3(8)4(9)5(10)6(11)7-2/h8,10H,1H3,(H2,7,9,11). The molecule has 60 valence electrons. The molecular formula is C6H7NO4. The number of hydrogen-bond donors (Lipinski definition) is 4. The molecule has 1 rings (SSSR count). The van der Waals surface area contributed by atoms with Crippen molar-refractivity contribution < 1.29 is 15.3 Å². The number of nitrogens with one attached hydrogen (secondary N) is 1. The van der Waals surface area contributed by atoms with Gasteiger partial charge in [-0.2, -0.15) is 0 Å². The maximum absolute atomic E-state index is 10.6. The van der Waals surface area contributed by atoms with E-state index in [1.54, 1.807) is 0 Å². The van der Waals surface area contributed by atoms with Gasteiger partial charge >= 0.3 is 0 Å². The minimum absolute atomic E-state index is 0.116. The summed E-state index contributed by atoms with van der Waals surface area (Å²) >= 11 is 0. The van der Waals surface area contributed by atoms with E-state index in [-0.39, 0.29) is 5.69 Å². The topological polar surface area (TPSA) is 93.6 Å². The van der Waals surface area contributed by atoms with E-state index in [9.17, 15) is 4.79 Å². The van der Waals surface area contributed by atoms with E-state index >= 15 is 0 Å². The van der Waals surface area contributed by atoms with Crippen LogP contribution in [0, 0.1) is 6.92 Å². The summed E-state index contributed by atoms with van der Waals surface area (Å²) in [5.41, 5.74) is -0.705. The molecule has 4 N–H and O–H groups in total. The zero-order valence-corrected chi connectivity index (χ0v) is 5.75. The molecular weight excluding hydrogens is 150 g/mol. The molecule has 0 amide bonds. The fraction of sp³-hybridized carbons (Fsp3) is 0.167. The zero-order valence-electron chi connectivity index (χ0n) is 5.75. The van der Waals surface area contributed by atoms with Crippen molar-refractivity contribution in [3.05, 3.63) is 16.0 Å². The molecule has 0 aliphatic carbocycles. The van der Waals surface area contributed by atoms with Crippen molar-refractivity contribution in [1.29, 1.82) is 0 Å². The van der Waals surface area contributed by atoms with Crippen LogP contribution in [0.5, 0.6) is 17.2 Å². The quantitative estimate of drug-likeness (QED) is 0.419. The van der Waals surface area contributed by atoms with Crippen molar-refractivity contribution in [2.45, 2.75) is 6.92 Å². The zero-order chi connectivity index (χ0) is 8.59. The fourth-order valence-corrected chi connectivity index (χ4v) is 0.686. The number of rotatable bonds is 0. The Morgan fingerprint density at radius 2 is 1.64 bits per heavy atom. The molecule has 0 aliphatic heterocycles. The number of aromatic nitrogens is 1. The molecule has 5 nitrogen and oxygen atoms in total. The van der Waals surface area contributed by atoms with Crippen LogP contribution in [0.4, 0.5) is 0 Å². The Hall–Kier alpha value is -1.65. The van der Waals surface area contributed by atoms with Gasteiger partial charge in [-0.3, -0.25) is 4.79 Å². The molecule has 0 radical (unpaired) electrons. The Kier molecular flexibility index (Phi) is 1.48. The van der Waals surface area contributed by atoms with E-state index in [0.29, 0.717) is 0 Å². The number of aromatic amines is 1. The van der Waals surface area contributed by atoms with E-state index in [2.05, 4.69) is 4.98 Å². The Morgan fingerprint density at radius 3 is 2.18 bits per heavy atom. The number of hydrogen-bond acceptors (Lipinski definition) is 4. The largest absolute Gasteiger partial charge is 0.503 e. The third kappa shape index (κ3) is 1.000. The minimum Gasteiger partial charge on any atom is -0.503 e. The van der Waals surface area contributed by atoms with Crippen LogP contribution >= 0.6 is 0 Å². The van der Waals surface area contributed by atoms with Gasteiger partial charge in [-0.1, -0.05) is 0 Å². The number of H-pyrrole nitrogens is 1. The molecule has 1 heterocycles. The summed E-state index contributed by atoms with van der Waals surface area (Å²) in [5, 5.41) is 26.5. The average Bonchev–Trinajstić information content (AvgIpc) is 1.97. The second-order valence-electron chi connectivity index (χ2n) is 2.12. The van der Waals surface area contributed by atoms with Crippen LogP contribution in [0.25, 0.3) is 0 Å². The summed E-state index contributed by atoms with van der Waals surface area (Å²) < 4.78 is 0. The molecule has 0 atom stereocenters. The van der Waals surface area contributed by atoms with E-state index in [1.807, 2.05) is 0 Å². The van der Waals surface area contributed by atoms with E-state index < -0.39 is 22.8 Å². The van der Waals surface area contributed by atoms with Crippen LogP contribution < -0.4 is 5.56 Å². The van der Waals surface area contributed by atoms with Gasteiger partial charge in [0.1, 0.15) is 0 Å². The highest BCUT2D eigenvalue weighted by Crippen LogP contribution is 2.31. The molecule has 0 aromatic carbocycles. The summed E-state index contributed by atoms with van der Waals surface area (Å²) in [6, 6.07) is 0. The highest BCUT2D eigenvalue weighted by atomic mass is 16.3. The van der Waals surface area contributed by atoms with Crippen LogP contribution in [0.15, 0.2) is 4.79 Å². The maximum Gasteiger partial charge on any atom is 0.294 e. The first-order valence-corrected chi connectivity index (χ1v) is 2.87. The third-order valence-electron chi connectivity index (χ3n) is 1.32. The summed E-state index contributed by atoms with van der Waals surface area (Å²) in [6.45, 7) is 1.40. The first kappa shape index (κ1) is 7.46. The minimum atomic E-state index is -0.867. The number of aryl methyl sites for hydroxylation is 1. The smallest absolute Gasteiger partial charge is 0.294 e. The Bertz CT molecular complexity index is 341. The molecule has 11 heavy (non-hydrogen) atoms. The lowest BCUT2D eigenvalue weighted by Gasteiger charge is -2.01. The van der Waals surface area contributed by atoms with Gasteiger partial charge in [-0.05, 0) is 6.92 Å². The monoisotopic (exact) mass is 157 g/mol. The fourth-order valence-electron chi connectivity index (χ4n) is 0.686. The summed E-state index contributed by atoms with van der Waals surface area (Å²) in [5.74, 6) is -2.17. The van der Waals surface area contributed by atoms with Crippen molar-refractivity contribution in [3.8, 4) is 17.2 Å². The molecule has 0 saturated heterocycles. The SMILES string of the molecule is Cc1[nH]c(=O)c(O)c(O)c1O. The van der Waals surface area contributed by atoms with Crippen LogP contribution in [0.2, 0.25) is 0 Å². The Morgan fingerprint density at radius 1 is 1.09 bits per heavy atom. The van der Waals surface area contributed by atoms with Gasteiger partial charge < -0.3 is 20.3 Å². The van der Waals surface area contributed by atoms with E-state index in [4.69, 9.17) is 15.3 Å². The highest BCUT2D eigenvalue weighted by molar-refractivity contribution is 5.48. The van der Waals surface area contributed by atoms with Gasteiger partial charge in [0.05, 0.1) is 5.69 Å². The number of pyridine rings is 1. The molecule has 0 fully saturated rings.